The van der Waals surface area contributed by atoms with Gasteiger partial charge >= 0.3 is 0 Å². The molecule has 0 radical (unpaired) electrons. The summed E-state index contributed by atoms with van der Waals surface area (Å²) in [6.45, 7) is 1.56. The third-order valence-electron chi connectivity index (χ3n) is 4.31. The highest BCUT2D eigenvalue weighted by Crippen LogP contribution is 2.30. The molecule has 1 heterocycles. The molecule has 0 aliphatic carbocycles. The molecule has 3 aromatic rings. The number of benzene rings is 3. The van der Waals surface area contributed by atoms with Crippen molar-refractivity contribution in [1.82, 2.24) is 5.32 Å². The van der Waals surface area contributed by atoms with Crippen molar-refractivity contribution in [3.05, 3.63) is 83.9 Å². The van der Waals surface area contributed by atoms with Gasteiger partial charge in [0.15, 0.2) is 11.5 Å². The van der Waals surface area contributed by atoms with Crippen LogP contribution in [0.1, 0.15) is 15.9 Å². The Morgan fingerprint density at radius 1 is 0.808 bits per heavy atom. The molecule has 0 atom stereocenters. The van der Waals surface area contributed by atoms with E-state index in [0.29, 0.717) is 25.3 Å². The molecule has 1 N–H and O–H groups in total. The molecule has 0 aromatic heterocycles. The minimum atomic E-state index is -0.0977. The van der Waals surface area contributed by atoms with Crippen molar-refractivity contribution in [1.29, 1.82) is 0 Å². The van der Waals surface area contributed by atoms with E-state index in [1.165, 1.54) is 0 Å². The van der Waals surface area contributed by atoms with Gasteiger partial charge in [0, 0.05) is 12.1 Å². The van der Waals surface area contributed by atoms with E-state index in [2.05, 4.69) is 17.4 Å². The molecule has 1 aliphatic heterocycles. The lowest BCUT2D eigenvalue weighted by Gasteiger charge is -2.19. The maximum absolute atomic E-state index is 12.4. The third kappa shape index (κ3) is 3.54. The Morgan fingerprint density at radius 2 is 1.50 bits per heavy atom. The van der Waals surface area contributed by atoms with Gasteiger partial charge in [0.1, 0.15) is 13.2 Å². The van der Waals surface area contributed by atoms with Crippen LogP contribution in [0.4, 0.5) is 0 Å². The molecule has 1 amide bonds. The molecule has 0 saturated heterocycles. The highest BCUT2D eigenvalue weighted by Gasteiger charge is 2.12. The summed E-state index contributed by atoms with van der Waals surface area (Å²) in [6, 6.07) is 23.5. The summed E-state index contributed by atoms with van der Waals surface area (Å²) in [7, 11) is 0. The molecule has 0 fully saturated rings. The Labute approximate surface area is 152 Å². The molecule has 0 bridgehead atoms. The molecule has 4 nitrogen and oxygen atoms in total. The SMILES string of the molecule is O=C(NCc1ccc2c(c1)OCCO2)c1ccc(-c2ccccc2)cc1. The number of amides is 1. The fourth-order valence-corrected chi connectivity index (χ4v) is 2.93. The smallest absolute Gasteiger partial charge is 0.251 e. The minimum absolute atomic E-state index is 0.0977. The normalized spacial score (nSPS) is 12.5. The van der Waals surface area contributed by atoms with E-state index in [9.17, 15) is 4.79 Å². The number of fused-ring (bicyclic) bond motifs is 1. The third-order valence-corrected chi connectivity index (χ3v) is 4.31. The lowest BCUT2D eigenvalue weighted by atomic mass is 10.0. The van der Waals surface area contributed by atoms with Gasteiger partial charge in [-0.3, -0.25) is 4.79 Å². The summed E-state index contributed by atoms with van der Waals surface area (Å²) in [6.07, 6.45) is 0. The van der Waals surface area contributed by atoms with Gasteiger partial charge in [-0.1, -0.05) is 48.5 Å². The summed E-state index contributed by atoms with van der Waals surface area (Å²) in [5.74, 6) is 1.39. The van der Waals surface area contributed by atoms with E-state index in [-0.39, 0.29) is 5.91 Å². The lowest BCUT2D eigenvalue weighted by Crippen LogP contribution is -2.23. The molecule has 26 heavy (non-hydrogen) atoms. The monoisotopic (exact) mass is 345 g/mol. The van der Waals surface area contributed by atoms with Crippen molar-refractivity contribution in [2.75, 3.05) is 13.2 Å². The van der Waals surface area contributed by atoms with Crippen LogP contribution < -0.4 is 14.8 Å². The van der Waals surface area contributed by atoms with E-state index in [1.807, 2.05) is 60.7 Å². The summed E-state index contributed by atoms with van der Waals surface area (Å²) in [5, 5.41) is 2.95. The fourth-order valence-electron chi connectivity index (χ4n) is 2.93. The standard InChI is InChI=1S/C22H19NO3/c24-22(19-9-7-18(8-10-19)17-4-2-1-3-5-17)23-15-16-6-11-20-21(14-16)26-13-12-25-20/h1-11,14H,12-13,15H2,(H,23,24). The van der Waals surface area contributed by atoms with Crippen molar-refractivity contribution in [2.45, 2.75) is 6.54 Å². The van der Waals surface area contributed by atoms with Crippen LogP contribution in [0.2, 0.25) is 0 Å². The van der Waals surface area contributed by atoms with Gasteiger partial charge in [-0.05, 0) is 41.0 Å². The summed E-state index contributed by atoms with van der Waals surface area (Å²) >= 11 is 0. The maximum atomic E-state index is 12.4. The second-order valence-electron chi connectivity index (χ2n) is 6.10. The number of carbonyl (C=O) groups is 1. The maximum Gasteiger partial charge on any atom is 0.251 e. The van der Waals surface area contributed by atoms with E-state index in [0.717, 1.165) is 28.2 Å². The van der Waals surface area contributed by atoms with Crippen LogP contribution in [0.25, 0.3) is 11.1 Å². The first-order valence-electron chi connectivity index (χ1n) is 8.62. The van der Waals surface area contributed by atoms with Gasteiger partial charge in [-0.2, -0.15) is 0 Å². The summed E-state index contributed by atoms with van der Waals surface area (Å²) in [4.78, 5) is 12.4. The number of hydrogen-bond donors (Lipinski definition) is 1. The topological polar surface area (TPSA) is 47.6 Å². The molecular weight excluding hydrogens is 326 g/mol. The van der Waals surface area contributed by atoms with Crippen LogP contribution in [-0.2, 0) is 6.54 Å². The van der Waals surface area contributed by atoms with Crippen LogP contribution in [0, 0.1) is 0 Å². The Balaban J connectivity index is 1.40. The Hall–Kier alpha value is -3.27. The fraction of sp³-hybridized carbons (Fsp3) is 0.136. The van der Waals surface area contributed by atoms with Gasteiger partial charge < -0.3 is 14.8 Å². The van der Waals surface area contributed by atoms with E-state index < -0.39 is 0 Å². The van der Waals surface area contributed by atoms with Crippen LogP contribution in [0.3, 0.4) is 0 Å². The second kappa shape index (κ2) is 7.31. The van der Waals surface area contributed by atoms with Crippen molar-refractivity contribution in [3.8, 4) is 22.6 Å². The van der Waals surface area contributed by atoms with Gasteiger partial charge in [0.25, 0.3) is 5.91 Å². The number of hydrogen-bond acceptors (Lipinski definition) is 3. The predicted molar refractivity (Wildman–Crippen MR) is 100 cm³/mol. The predicted octanol–water partition coefficient (Wildman–Crippen LogP) is 4.05. The largest absolute Gasteiger partial charge is 0.486 e. The molecule has 130 valence electrons. The first kappa shape index (κ1) is 16.2. The zero-order valence-corrected chi connectivity index (χ0v) is 14.3. The molecule has 1 aliphatic rings. The highest BCUT2D eigenvalue weighted by molar-refractivity contribution is 5.94. The first-order valence-corrected chi connectivity index (χ1v) is 8.62. The van der Waals surface area contributed by atoms with Crippen LogP contribution in [0.5, 0.6) is 11.5 Å². The Kier molecular flexibility index (Phi) is 4.56. The van der Waals surface area contributed by atoms with Crippen molar-refractivity contribution < 1.29 is 14.3 Å². The average Bonchev–Trinajstić information content (AvgIpc) is 2.72. The molecule has 4 rings (SSSR count). The van der Waals surface area contributed by atoms with E-state index in [4.69, 9.17) is 9.47 Å². The van der Waals surface area contributed by atoms with Gasteiger partial charge in [0.05, 0.1) is 0 Å². The minimum Gasteiger partial charge on any atom is -0.486 e. The zero-order chi connectivity index (χ0) is 17.8. The quantitative estimate of drug-likeness (QED) is 0.776. The van der Waals surface area contributed by atoms with Crippen molar-refractivity contribution >= 4 is 5.91 Å². The number of rotatable bonds is 4. The van der Waals surface area contributed by atoms with Crippen molar-refractivity contribution in [3.63, 3.8) is 0 Å². The van der Waals surface area contributed by atoms with E-state index >= 15 is 0 Å². The molecule has 0 saturated carbocycles. The molecule has 0 unspecified atom stereocenters. The molecule has 4 heteroatoms. The Bertz CT molecular complexity index is 904. The van der Waals surface area contributed by atoms with Gasteiger partial charge in [0.2, 0.25) is 0 Å². The summed E-state index contributed by atoms with van der Waals surface area (Å²) in [5.41, 5.74) is 3.84. The number of nitrogens with one attached hydrogen (secondary N) is 1. The van der Waals surface area contributed by atoms with E-state index in [1.54, 1.807) is 0 Å². The summed E-state index contributed by atoms with van der Waals surface area (Å²) < 4.78 is 11.1. The average molecular weight is 345 g/mol. The van der Waals surface area contributed by atoms with Crippen LogP contribution in [-0.4, -0.2) is 19.1 Å². The number of carbonyl (C=O) groups excluding carboxylic acids is 1. The highest BCUT2D eigenvalue weighted by atomic mass is 16.6. The van der Waals surface area contributed by atoms with Gasteiger partial charge in [-0.15, -0.1) is 0 Å². The van der Waals surface area contributed by atoms with Crippen LogP contribution in [0.15, 0.2) is 72.8 Å². The molecule has 3 aromatic carbocycles. The zero-order valence-electron chi connectivity index (χ0n) is 14.3. The van der Waals surface area contributed by atoms with Crippen molar-refractivity contribution in [2.24, 2.45) is 0 Å². The van der Waals surface area contributed by atoms with Crippen LogP contribution >= 0.6 is 0 Å². The van der Waals surface area contributed by atoms with Gasteiger partial charge in [-0.25, -0.2) is 0 Å². The molecule has 0 spiro atoms. The first-order chi connectivity index (χ1) is 12.8. The second-order valence-corrected chi connectivity index (χ2v) is 6.10. The lowest BCUT2D eigenvalue weighted by molar-refractivity contribution is 0.0951. The number of ether oxygens (including phenoxy) is 2. The molecular formula is C22H19NO3. The Morgan fingerprint density at radius 3 is 2.27 bits per heavy atom.